The Kier molecular flexibility index (Phi) is 3.24. The quantitative estimate of drug-likeness (QED) is 0.739. The minimum absolute atomic E-state index is 0.0785. The Morgan fingerprint density at radius 1 is 1.38 bits per heavy atom. The molecule has 1 amide bonds. The molecule has 0 radical (unpaired) electrons. The molecule has 16 heavy (non-hydrogen) atoms. The normalized spacial score (nSPS) is 35.0. The molecule has 2 rings (SSSR count). The first-order chi connectivity index (χ1) is 7.53. The van der Waals surface area contributed by atoms with Crippen LogP contribution in [0.15, 0.2) is 0 Å². The highest BCUT2D eigenvalue weighted by molar-refractivity contribution is 5.78. The van der Waals surface area contributed by atoms with Crippen molar-refractivity contribution in [2.24, 2.45) is 11.8 Å². The lowest BCUT2D eigenvalue weighted by atomic mass is 9.71. The van der Waals surface area contributed by atoms with Gasteiger partial charge in [0.05, 0.1) is 5.60 Å². The summed E-state index contributed by atoms with van der Waals surface area (Å²) in [7, 11) is 0. The number of hydrogen-bond donors (Lipinski definition) is 1. The van der Waals surface area contributed by atoms with Crippen LogP contribution in [-0.4, -0.2) is 34.6 Å². The van der Waals surface area contributed by atoms with Gasteiger partial charge < -0.3 is 10.0 Å². The summed E-state index contributed by atoms with van der Waals surface area (Å²) in [5.74, 6) is 0.639. The number of likely N-dealkylation sites (tertiary alicyclic amines) is 1. The molecule has 0 spiro atoms. The topological polar surface area (TPSA) is 40.5 Å². The van der Waals surface area contributed by atoms with Crippen LogP contribution in [0.2, 0.25) is 0 Å². The summed E-state index contributed by atoms with van der Waals surface area (Å²) in [6.45, 7) is 5.41. The van der Waals surface area contributed by atoms with Crippen molar-refractivity contribution in [3.05, 3.63) is 0 Å². The van der Waals surface area contributed by atoms with E-state index in [0.717, 1.165) is 38.8 Å². The first-order valence-corrected chi connectivity index (χ1v) is 6.54. The third kappa shape index (κ3) is 2.10. The van der Waals surface area contributed by atoms with E-state index in [4.69, 9.17) is 0 Å². The molecule has 3 heteroatoms. The van der Waals surface area contributed by atoms with Gasteiger partial charge in [-0.3, -0.25) is 4.79 Å². The largest absolute Gasteiger partial charge is 0.389 e. The molecule has 2 aliphatic rings. The minimum atomic E-state index is -0.466. The summed E-state index contributed by atoms with van der Waals surface area (Å²) in [4.78, 5) is 13.9. The molecule has 2 atom stereocenters. The van der Waals surface area contributed by atoms with Crippen LogP contribution in [0, 0.1) is 11.8 Å². The molecule has 1 aliphatic carbocycles. The molecular weight excluding hydrogens is 202 g/mol. The summed E-state index contributed by atoms with van der Waals surface area (Å²) < 4.78 is 0. The number of amides is 1. The second-order valence-electron chi connectivity index (χ2n) is 5.74. The van der Waals surface area contributed by atoms with E-state index < -0.39 is 5.60 Å². The maximum Gasteiger partial charge on any atom is 0.225 e. The molecule has 1 saturated heterocycles. The lowest BCUT2D eigenvalue weighted by molar-refractivity contribution is -0.146. The van der Waals surface area contributed by atoms with Crippen molar-refractivity contribution >= 4 is 5.91 Å². The van der Waals surface area contributed by atoms with Gasteiger partial charge in [-0.25, -0.2) is 0 Å². The standard InChI is InChI=1S/C13H23NO2/c1-10(2)12(15)14-8-7-13(16)6-4-3-5-11(13)9-14/h10-11,16H,3-9H2,1-2H3. The van der Waals surface area contributed by atoms with Crippen LogP contribution >= 0.6 is 0 Å². The monoisotopic (exact) mass is 225 g/mol. The highest BCUT2D eigenvalue weighted by Crippen LogP contribution is 2.39. The van der Waals surface area contributed by atoms with E-state index in [9.17, 15) is 9.90 Å². The maximum atomic E-state index is 11.9. The van der Waals surface area contributed by atoms with Gasteiger partial charge in [0.15, 0.2) is 0 Å². The first-order valence-electron chi connectivity index (χ1n) is 6.54. The smallest absolute Gasteiger partial charge is 0.225 e. The van der Waals surface area contributed by atoms with Gasteiger partial charge in [-0.2, -0.15) is 0 Å². The minimum Gasteiger partial charge on any atom is -0.389 e. The van der Waals surface area contributed by atoms with E-state index in [-0.39, 0.29) is 11.8 Å². The van der Waals surface area contributed by atoms with E-state index in [2.05, 4.69) is 0 Å². The van der Waals surface area contributed by atoms with Gasteiger partial charge in [0.2, 0.25) is 5.91 Å². The van der Waals surface area contributed by atoms with Crippen molar-refractivity contribution in [3.8, 4) is 0 Å². The van der Waals surface area contributed by atoms with Crippen LogP contribution in [0.1, 0.15) is 46.0 Å². The lowest BCUT2D eigenvalue weighted by Crippen LogP contribution is -2.55. The van der Waals surface area contributed by atoms with Gasteiger partial charge in [-0.05, 0) is 19.3 Å². The van der Waals surface area contributed by atoms with E-state index in [0.29, 0.717) is 5.92 Å². The molecule has 3 nitrogen and oxygen atoms in total. The zero-order valence-electron chi connectivity index (χ0n) is 10.4. The number of rotatable bonds is 1. The SMILES string of the molecule is CC(C)C(=O)N1CCC2(O)CCCCC2C1. The molecular formula is C13H23NO2. The Bertz CT molecular complexity index is 277. The van der Waals surface area contributed by atoms with Crippen molar-refractivity contribution in [2.75, 3.05) is 13.1 Å². The van der Waals surface area contributed by atoms with Gasteiger partial charge in [0.1, 0.15) is 0 Å². The fraction of sp³-hybridized carbons (Fsp3) is 0.923. The number of hydrogen-bond acceptors (Lipinski definition) is 2. The summed E-state index contributed by atoms with van der Waals surface area (Å²) in [6, 6.07) is 0. The fourth-order valence-corrected chi connectivity index (χ4v) is 3.14. The molecule has 1 saturated carbocycles. The molecule has 1 N–H and O–H groups in total. The Hall–Kier alpha value is -0.570. The third-order valence-corrected chi connectivity index (χ3v) is 4.23. The molecule has 0 aromatic heterocycles. The lowest BCUT2D eigenvalue weighted by Gasteiger charge is -2.47. The molecule has 0 bridgehead atoms. The predicted molar refractivity (Wildman–Crippen MR) is 62.9 cm³/mol. The number of piperidine rings is 1. The van der Waals surface area contributed by atoms with Gasteiger partial charge in [-0.15, -0.1) is 0 Å². The molecule has 0 aromatic rings. The number of nitrogens with zero attached hydrogens (tertiary/aromatic N) is 1. The predicted octanol–water partition coefficient (Wildman–Crippen LogP) is 1.80. The van der Waals surface area contributed by atoms with Crippen LogP contribution in [0.4, 0.5) is 0 Å². The van der Waals surface area contributed by atoms with E-state index >= 15 is 0 Å². The van der Waals surface area contributed by atoms with E-state index in [1.165, 1.54) is 6.42 Å². The van der Waals surface area contributed by atoms with Gasteiger partial charge in [0, 0.05) is 24.9 Å². The molecule has 0 aromatic carbocycles. The second kappa shape index (κ2) is 4.36. The van der Waals surface area contributed by atoms with Crippen LogP contribution in [0.25, 0.3) is 0 Å². The van der Waals surface area contributed by atoms with E-state index in [1.807, 2.05) is 18.7 Å². The highest BCUT2D eigenvalue weighted by Gasteiger charge is 2.43. The first kappa shape index (κ1) is 11.9. The zero-order valence-corrected chi connectivity index (χ0v) is 10.4. The van der Waals surface area contributed by atoms with Crippen molar-refractivity contribution in [2.45, 2.75) is 51.6 Å². The van der Waals surface area contributed by atoms with Crippen molar-refractivity contribution < 1.29 is 9.90 Å². The Morgan fingerprint density at radius 2 is 2.12 bits per heavy atom. The van der Waals surface area contributed by atoms with E-state index in [1.54, 1.807) is 0 Å². The second-order valence-corrected chi connectivity index (χ2v) is 5.74. The molecule has 1 aliphatic heterocycles. The molecule has 2 fully saturated rings. The maximum absolute atomic E-state index is 11.9. The number of carbonyl (C=O) groups is 1. The highest BCUT2D eigenvalue weighted by atomic mass is 16.3. The Balaban J connectivity index is 2.02. The molecule has 2 unspecified atom stereocenters. The van der Waals surface area contributed by atoms with Crippen LogP contribution in [0.3, 0.4) is 0 Å². The molecule has 1 heterocycles. The average Bonchev–Trinajstić information content (AvgIpc) is 2.26. The van der Waals surface area contributed by atoms with Gasteiger partial charge >= 0.3 is 0 Å². The number of aliphatic hydroxyl groups is 1. The van der Waals surface area contributed by atoms with Crippen LogP contribution < -0.4 is 0 Å². The average molecular weight is 225 g/mol. The Morgan fingerprint density at radius 3 is 2.81 bits per heavy atom. The summed E-state index contributed by atoms with van der Waals surface area (Å²) in [6.07, 6.45) is 5.14. The van der Waals surface area contributed by atoms with Gasteiger partial charge in [0.25, 0.3) is 0 Å². The van der Waals surface area contributed by atoms with Crippen molar-refractivity contribution in [1.82, 2.24) is 4.90 Å². The van der Waals surface area contributed by atoms with Crippen LogP contribution in [0.5, 0.6) is 0 Å². The summed E-state index contributed by atoms with van der Waals surface area (Å²) in [5, 5.41) is 10.5. The number of fused-ring (bicyclic) bond motifs is 1. The third-order valence-electron chi connectivity index (χ3n) is 4.23. The summed E-state index contributed by atoms with van der Waals surface area (Å²) >= 11 is 0. The zero-order chi connectivity index (χ0) is 11.8. The summed E-state index contributed by atoms with van der Waals surface area (Å²) in [5.41, 5.74) is -0.466. The van der Waals surface area contributed by atoms with Crippen molar-refractivity contribution in [1.29, 1.82) is 0 Å². The fourth-order valence-electron chi connectivity index (χ4n) is 3.14. The van der Waals surface area contributed by atoms with Gasteiger partial charge in [-0.1, -0.05) is 26.7 Å². The Labute approximate surface area is 97.8 Å². The van der Waals surface area contributed by atoms with Crippen LogP contribution in [-0.2, 0) is 4.79 Å². The number of carbonyl (C=O) groups excluding carboxylic acids is 1. The van der Waals surface area contributed by atoms with Crippen molar-refractivity contribution in [3.63, 3.8) is 0 Å². The molecule has 92 valence electrons.